The Balaban J connectivity index is 1.96. The lowest BCUT2D eigenvalue weighted by Crippen LogP contribution is -2.57. The van der Waals surface area contributed by atoms with Gasteiger partial charge in [0.15, 0.2) is 0 Å². The molecule has 3 atom stereocenters. The molecule has 0 aliphatic carbocycles. The first-order valence-electron chi connectivity index (χ1n) is 12.4. The van der Waals surface area contributed by atoms with Crippen molar-refractivity contribution in [1.82, 2.24) is 10.2 Å². The zero-order chi connectivity index (χ0) is 26.9. The van der Waals surface area contributed by atoms with E-state index in [1.165, 1.54) is 12.0 Å². The number of ether oxygens (including phenoxy) is 4. The summed E-state index contributed by atoms with van der Waals surface area (Å²) in [6, 6.07) is 8.24. The molecule has 1 N–H and O–H groups in total. The van der Waals surface area contributed by atoms with Crippen molar-refractivity contribution in [2.45, 2.75) is 84.8 Å². The van der Waals surface area contributed by atoms with Gasteiger partial charge in [-0.05, 0) is 38.2 Å². The van der Waals surface area contributed by atoms with Gasteiger partial charge in [0.25, 0.3) is 0 Å². The third-order valence-electron chi connectivity index (χ3n) is 5.69. The molecule has 0 radical (unpaired) electrons. The zero-order valence-corrected chi connectivity index (χ0v) is 22.7. The highest BCUT2D eigenvalue weighted by atomic mass is 16.6. The highest BCUT2D eigenvalue weighted by Crippen LogP contribution is 2.28. The maximum absolute atomic E-state index is 13.6. The van der Waals surface area contributed by atoms with E-state index in [1.54, 1.807) is 20.8 Å². The number of rotatable bonds is 10. The summed E-state index contributed by atoms with van der Waals surface area (Å²) in [5, 5.41) is 2.70. The van der Waals surface area contributed by atoms with E-state index < -0.39 is 35.2 Å². The first-order valence-corrected chi connectivity index (χ1v) is 12.4. The summed E-state index contributed by atoms with van der Waals surface area (Å²) in [5.74, 6) is -0.883. The molecule has 0 saturated carbocycles. The number of carbonyl (C=O) groups is 3. The Hall–Kier alpha value is -2.65. The topological polar surface area (TPSA) is 103 Å². The molecule has 2 rings (SSSR count). The number of methoxy groups -OCH3 is 1. The van der Waals surface area contributed by atoms with Gasteiger partial charge in [-0.1, -0.05) is 51.1 Å². The predicted molar refractivity (Wildman–Crippen MR) is 135 cm³/mol. The van der Waals surface area contributed by atoms with Crippen LogP contribution in [0.5, 0.6) is 0 Å². The molecule has 0 bridgehead atoms. The molecule has 9 heteroatoms. The summed E-state index contributed by atoms with van der Waals surface area (Å²) in [6.45, 7) is 12.5. The predicted octanol–water partition coefficient (Wildman–Crippen LogP) is 3.69. The highest BCUT2D eigenvalue weighted by Gasteiger charge is 2.46. The second-order valence-corrected chi connectivity index (χ2v) is 11.1. The van der Waals surface area contributed by atoms with E-state index in [4.69, 9.17) is 18.9 Å². The largest absolute Gasteiger partial charge is 0.467 e. The van der Waals surface area contributed by atoms with Gasteiger partial charge in [-0.2, -0.15) is 0 Å². The van der Waals surface area contributed by atoms with Crippen LogP contribution in [0.4, 0.5) is 4.79 Å². The molecule has 1 fully saturated rings. The first kappa shape index (κ1) is 29.6. The van der Waals surface area contributed by atoms with Gasteiger partial charge in [-0.15, -0.1) is 0 Å². The molecule has 36 heavy (non-hydrogen) atoms. The fourth-order valence-corrected chi connectivity index (χ4v) is 3.94. The van der Waals surface area contributed by atoms with Crippen LogP contribution in [0.25, 0.3) is 0 Å². The van der Waals surface area contributed by atoms with E-state index in [1.807, 2.05) is 51.1 Å². The number of esters is 1. The number of likely N-dealkylation sites (tertiary alicyclic amines) is 1. The summed E-state index contributed by atoms with van der Waals surface area (Å²) in [4.78, 5) is 40.0. The summed E-state index contributed by atoms with van der Waals surface area (Å²) in [5.41, 5.74) is -0.219. The number of nitrogens with one attached hydrogen (secondary N) is 1. The van der Waals surface area contributed by atoms with Gasteiger partial charge in [0.2, 0.25) is 5.91 Å². The molecular formula is C27H42N2O7. The second-order valence-electron chi connectivity index (χ2n) is 11.1. The second kappa shape index (κ2) is 13.1. The van der Waals surface area contributed by atoms with Crippen LogP contribution in [0.2, 0.25) is 0 Å². The number of amides is 2. The van der Waals surface area contributed by atoms with Crippen molar-refractivity contribution >= 4 is 18.0 Å². The molecule has 1 aliphatic heterocycles. The van der Waals surface area contributed by atoms with E-state index in [0.717, 1.165) is 5.56 Å². The Morgan fingerprint density at radius 1 is 1.06 bits per heavy atom. The minimum atomic E-state index is -0.898. The number of carbonyl (C=O) groups excluding carboxylic acids is 3. The summed E-state index contributed by atoms with van der Waals surface area (Å²) in [6.07, 6.45) is -0.000361. The monoisotopic (exact) mass is 506 g/mol. The van der Waals surface area contributed by atoms with Crippen molar-refractivity contribution in [3.05, 3.63) is 35.9 Å². The van der Waals surface area contributed by atoms with Crippen LogP contribution in [0.15, 0.2) is 30.3 Å². The minimum absolute atomic E-state index is 0.228. The molecule has 1 saturated heterocycles. The van der Waals surface area contributed by atoms with Crippen molar-refractivity contribution in [2.75, 3.05) is 26.9 Å². The summed E-state index contributed by atoms with van der Waals surface area (Å²) in [7, 11) is 1.30. The normalized spacial score (nSPS) is 19.0. The number of alkyl carbamates (subject to hydrolysis) is 1. The van der Waals surface area contributed by atoms with E-state index in [2.05, 4.69) is 5.32 Å². The van der Waals surface area contributed by atoms with Crippen molar-refractivity contribution in [2.24, 2.45) is 5.41 Å². The molecular weight excluding hydrogens is 464 g/mol. The van der Waals surface area contributed by atoms with Gasteiger partial charge in [-0.3, -0.25) is 4.79 Å². The molecule has 1 aromatic carbocycles. The van der Waals surface area contributed by atoms with Crippen LogP contribution in [-0.4, -0.2) is 73.5 Å². The van der Waals surface area contributed by atoms with E-state index in [-0.39, 0.29) is 18.6 Å². The number of hydrogen-bond acceptors (Lipinski definition) is 7. The molecule has 3 unspecified atom stereocenters. The Kier molecular flexibility index (Phi) is 10.7. The smallest absolute Gasteiger partial charge is 0.408 e. The van der Waals surface area contributed by atoms with Crippen molar-refractivity contribution < 1.29 is 33.3 Å². The lowest BCUT2D eigenvalue weighted by Gasteiger charge is -2.35. The molecule has 1 aromatic rings. The molecule has 1 heterocycles. The lowest BCUT2D eigenvalue weighted by atomic mass is 9.85. The van der Waals surface area contributed by atoms with Crippen LogP contribution >= 0.6 is 0 Å². The fourth-order valence-electron chi connectivity index (χ4n) is 3.94. The number of hydrogen-bond donors (Lipinski definition) is 1. The maximum atomic E-state index is 13.6. The van der Waals surface area contributed by atoms with Crippen molar-refractivity contribution in [3.63, 3.8) is 0 Å². The van der Waals surface area contributed by atoms with E-state index >= 15 is 0 Å². The average Bonchev–Trinajstić information content (AvgIpc) is 3.22. The van der Waals surface area contributed by atoms with Gasteiger partial charge >= 0.3 is 12.1 Å². The molecule has 202 valence electrons. The Morgan fingerprint density at radius 3 is 2.31 bits per heavy atom. The highest BCUT2D eigenvalue weighted by molar-refractivity contribution is 5.91. The number of nitrogens with zero attached hydrogens (tertiary/aromatic N) is 1. The van der Waals surface area contributed by atoms with Crippen LogP contribution in [0.3, 0.4) is 0 Å². The maximum Gasteiger partial charge on any atom is 0.408 e. The average molecular weight is 507 g/mol. The van der Waals surface area contributed by atoms with Crippen LogP contribution in [0.1, 0.15) is 59.9 Å². The molecule has 0 aromatic heterocycles. The zero-order valence-electron chi connectivity index (χ0n) is 22.7. The third-order valence-corrected chi connectivity index (χ3v) is 5.69. The van der Waals surface area contributed by atoms with E-state index in [0.29, 0.717) is 32.7 Å². The third kappa shape index (κ3) is 9.43. The first-order chi connectivity index (χ1) is 16.8. The van der Waals surface area contributed by atoms with Crippen molar-refractivity contribution in [3.8, 4) is 0 Å². The minimum Gasteiger partial charge on any atom is -0.467 e. The van der Waals surface area contributed by atoms with Crippen molar-refractivity contribution in [1.29, 1.82) is 0 Å². The SMILES string of the molecule is COC(=O)C1CC(OCCCOCc2ccccc2)CN1C(=O)C(NC(=O)OC(C)(C)C)C(C)(C)C. The lowest BCUT2D eigenvalue weighted by molar-refractivity contribution is -0.152. The number of benzene rings is 1. The molecule has 2 amide bonds. The van der Waals surface area contributed by atoms with E-state index in [9.17, 15) is 14.4 Å². The van der Waals surface area contributed by atoms with Gasteiger partial charge in [0.05, 0.1) is 19.8 Å². The van der Waals surface area contributed by atoms with Crippen LogP contribution < -0.4 is 5.32 Å². The Bertz CT molecular complexity index is 861. The molecule has 9 nitrogen and oxygen atoms in total. The van der Waals surface area contributed by atoms with Gasteiger partial charge in [0.1, 0.15) is 17.7 Å². The molecule has 0 spiro atoms. The Labute approximate surface area is 214 Å². The van der Waals surface area contributed by atoms with Crippen LogP contribution in [-0.2, 0) is 35.1 Å². The van der Waals surface area contributed by atoms with Gasteiger partial charge in [-0.25, -0.2) is 9.59 Å². The quantitative estimate of drug-likeness (QED) is 0.381. The van der Waals surface area contributed by atoms with Crippen LogP contribution in [0, 0.1) is 5.41 Å². The molecule has 1 aliphatic rings. The standard InChI is InChI=1S/C27H42N2O7/c1-26(2,3)22(28-25(32)36-27(4,5)6)23(30)29-17-20(16-21(29)24(31)33-7)35-15-11-14-34-18-19-12-9-8-10-13-19/h8-10,12-13,20-22H,11,14-18H2,1-7H3,(H,28,32). The summed E-state index contributed by atoms with van der Waals surface area (Å²) >= 11 is 0. The van der Waals surface area contributed by atoms with Gasteiger partial charge < -0.3 is 29.2 Å². The Morgan fingerprint density at radius 2 is 1.72 bits per heavy atom. The summed E-state index contributed by atoms with van der Waals surface area (Å²) < 4.78 is 22.0. The fraction of sp³-hybridized carbons (Fsp3) is 0.667. The van der Waals surface area contributed by atoms with Gasteiger partial charge in [0, 0.05) is 26.2 Å².